The Kier molecular flexibility index (Phi) is 6.93. The summed E-state index contributed by atoms with van der Waals surface area (Å²) >= 11 is 0. The third-order valence-corrected chi connectivity index (χ3v) is 4.04. The van der Waals surface area contributed by atoms with Crippen LogP contribution in [0.5, 0.6) is 0 Å². The van der Waals surface area contributed by atoms with Crippen LogP contribution in [0, 0.1) is 0 Å². The number of alkyl halides is 6. The van der Waals surface area contributed by atoms with Gasteiger partial charge in [-0.2, -0.15) is 26.3 Å². The van der Waals surface area contributed by atoms with Crippen LogP contribution in [0.2, 0.25) is 0 Å². The lowest BCUT2D eigenvalue weighted by Crippen LogP contribution is -2.31. The van der Waals surface area contributed by atoms with Crippen molar-refractivity contribution >= 4 is 9.84 Å². The van der Waals surface area contributed by atoms with Crippen molar-refractivity contribution in [3.8, 4) is 0 Å². The zero-order valence-corrected chi connectivity index (χ0v) is 13.0. The van der Waals surface area contributed by atoms with Gasteiger partial charge in [-0.1, -0.05) is 23.3 Å². The van der Waals surface area contributed by atoms with Crippen LogP contribution < -0.4 is 0 Å². The predicted molar refractivity (Wildman–Crippen MR) is 71.5 cm³/mol. The molecule has 0 aromatic carbocycles. The minimum absolute atomic E-state index is 0.0410. The quantitative estimate of drug-likeness (QED) is 0.395. The highest BCUT2D eigenvalue weighted by Gasteiger charge is 2.56. The third-order valence-electron chi connectivity index (χ3n) is 2.48. The molecule has 0 saturated heterocycles. The number of sulfone groups is 1. The Morgan fingerprint density at radius 1 is 0.955 bits per heavy atom. The lowest BCUT2D eigenvalue weighted by atomic mass is 10.1. The number of hydrogen-bond acceptors (Lipinski definition) is 2. The maximum absolute atomic E-state index is 12.6. The van der Waals surface area contributed by atoms with Gasteiger partial charge in [-0.25, -0.2) is 8.42 Å². The summed E-state index contributed by atoms with van der Waals surface area (Å²) in [6, 6.07) is 0. The molecule has 2 nitrogen and oxygen atoms in total. The first-order valence-electron chi connectivity index (χ1n) is 6.09. The SMILES string of the molecule is CC(C)=CCC/C(C)=C/C=C(/C(F)(F)F)S(=O)(=O)C(F)(F)F. The van der Waals surface area contributed by atoms with Crippen molar-refractivity contribution < 1.29 is 34.8 Å². The molecule has 0 unspecified atom stereocenters. The lowest BCUT2D eigenvalue weighted by Gasteiger charge is -2.14. The van der Waals surface area contributed by atoms with Gasteiger partial charge in [-0.05, 0) is 39.7 Å². The topological polar surface area (TPSA) is 34.1 Å². The molecule has 0 aliphatic heterocycles. The predicted octanol–water partition coefficient (Wildman–Crippen LogP) is 5.06. The van der Waals surface area contributed by atoms with E-state index >= 15 is 0 Å². The average molecular weight is 350 g/mol. The molecule has 0 bridgehead atoms. The molecule has 0 radical (unpaired) electrons. The van der Waals surface area contributed by atoms with Gasteiger partial charge in [0.2, 0.25) is 0 Å². The molecule has 0 heterocycles. The monoisotopic (exact) mass is 350 g/mol. The van der Waals surface area contributed by atoms with E-state index in [4.69, 9.17) is 0 Å². The van der Waals surface area contributed by atoms with Crippen LogP contribution in [0.15, 0.2) is 34.3 Å². The standard InChI is InChI=1S/C13H16F6O2S/c1-9(2)5-4-6-10(3)7-8-11(12(14,15)16)22(20,21)13(17,18)19/h5,7-8H,4,6H2,1-3H3/b10-7+,11-8-. The largest absolute Gasteiger partial charge is 0.501 e. The van der Waals surface area contributed by atoms with Crippen molar-refractivity contribution in [3.63, 3.8) is 0 Å². The second-order valence-electron chi connectivity index (χ2n) is 4.81. The first-order valence-corrected chi connectivity index (χ1v) is 7.57. The molecule has 0 aromatic heterocycles. The van der Waals surface area contributed by atoms with Gasteiger partial charge in [0.1, 0.15) is 0 Å². The normalized spacial score (nSPS) is 15.0. The van der Waals surface area contributed by atoms with Crippen molar-refractivity contribution in [1.82, 2.24) is 0 Å². The Bertz CT molecular complexity index is 573. The molecular formula is C13H16F6O2S. The van der Waals surface area contributed by atoms with E-state index in [0.717, 1.165) is 11.6 Å². The summed E-state index contributed by atoms with van der Waals surface area (Å²) in [5, 5.41) is 0. The summed E-state index contributed by atoms with van der Waals surface area (Å²) in [7, 11) is -6.45. The van der Waals surface area contributed by atoms with Crippen LogP contribution in [-0.2, 0) is 9.84 Å². The van der Waals surface area contributed by atoms with Gasteiger partial charge in [0.05, 0.1) is 0 Å². The van der Waals surface area contributed by atoms with E-state index in [1.807, 2.05) is 13.8 Å². The molecule has 9 heteroatoms. The lowest BCUT2D eigenvalue weighted by molar-refractivity contribution is -0.0893. The molecule has 0 aliphatic carbocycles. The Hall–Kier alpha value is -1.25. The summed E-state index contributed by atoms with van der Waals surface area (Å²) in [4.78, 5) is -2.62. The minimum atomic E-state index is -6.45. The van der Waals surface area contributed by atoms with Crippen molar-refractivity contribution in [2.45, 2.75) is 45.3 Å². The Morgan fingerprint density at radius 2 is 1.45 bits per heavy atom. The van der Waals surface area contributed by atoms with E-state index in [-0.39, 0.29) is 6.08 Å². The minimum Gasteiger partial charge on any atom is -0.214 e. The van der Waals surface area contributed by atoms with Gasteiger partial charge >= 0.3 is 11.7 Å². The van der Waals surface area contributed by atoms with E-state index < -0.39 is 26.4 Å². The zero-order valence-electron chi connectivity index (χ0n) is 12.1. The summed E-state index contributed by atoms with van der Waals surface area (Å²) in [5.74, 6) is 0. The molecule has 0 spiro atoms. The van der Waals surface area contributed by atoms with Gasteiger partial charge in [0, 0.05) is 0 Å². The van der Waals surface area contributed by atoms with Crippen LogP contribution >= 0.6 is 0 Å². The van der Waals surface area contributed by atoms with Crippen LogP contribution in [0.4, 0.5) is 26.3 Å². The summed E-state index contributed by atoms with van der Waals surface area (Å²) < 4.78 is 96.4. The highest BCUT2D eigenvalue weighted by molar-refractivity contribution is 7.96. The first kappa shape index (κ1) is 20.8. The molecular weight excluding hydrogens is 334 g/mol. The van der Waals surface area contributed by atoms with E-state index in [2.05, 4.69) is 0 Å². The fraction of sp³-hybridized carbons (Fsp3) is 0.538. The number of hydrogen-bond donors (Lipinski definition) is 0. The Balaban J connectivity index is 5.55. The zero-order chi connectivity index (χ0) is 17.8. The highest BCUT2D eigenvalue weighted by Crippen LogP contribution is 2.38. The van der Waals surface area contributed by atoms with Crippen LogP contribution in [0.1, 0.15) is 33.6 Å². The molecule has 0 aliphatic rings. The highest BCUT2D eigenvalue weighted by atomic mass is 32.2. The van der Waals surface area contributed by atoms with Crippen molar-refractivity contribution in [2.75, 3.05) is 0 Å². The molecule has 0 atom stereocenters. The maximum Gasteiger partial charge on any atom is 0.501 e. The van der Waals surface area contributed by atoms with Crippen LogP contribution in [0.3, 0.4) is 0 Å². The van der Waals surface area contributed by atoms with E-state index in [9.17, 15) is 34.8 Å². The maximum atomic E-state index is 12.6. The second-order valence-corrected chi connectivity index (χ2v) is 6.72. The van der Waals surface area contributed by atoms with Crippen LogP contribution in [-0.4, -0.2) is 20.1 Å². The van der Waals surface area contributed by atoms with Gasteiger partial charge in [-0.3, -0.25) is 0 Å². The molecule has 0 aromatic rings. The smallest absolute Gasteiger partial charge is 0.214 e. The molecule has 0 N–H and O–H groups in total. The van der Waals surface area contributed by atoms with Gasteiger partial charge in [-0.15, -0.1) is 0 Å². The van der Waals surface area contributed by atoms with Crippen molar-refractivity contribution in [2.24, 2.45) is 0 Å². The van der Waals surface area contributed by atoms with Crippen molar-refractivity contribution in [3.05, 3.63) is 34.3 Å². The fourth-order valence-electron chi connectivity index (χ4n) is 1.35. The molecule has 22 heavy (non-hydrogen) atoms. The van der Waals surface area contributed by atoms with Gasteiger partial charge in [0.15, 0.2) is 4.91 Å². The van der Waals surface area contributed by atoms with Gasteiger partial charge < -0.3 is 0 Å². The van der Waals surface area contributed by atoms with E-state index in [1.165, 1.54) is 6.92 Å². The second kappa shape index (κ2) is 7.34. The van der Waals surface area contributed by atoms with E-state index in [1.54, 1.807) is 6.08 Å². The average Bonchev–Trinajstić information content (AvgIpc) is 2.24. The summed E-state index contributed by atoms with van der Waals surface area (Å²) in [6.07, 6.45) is -2.32. The number of halogens is 6. The Labute approximate surface area is 125 Å². The molecule has 0 saturated carbocycles. The molecule has 0 rings (SSSR count). The Morgan fingerprint density at radius 3 is 1.82 bits per heavy atom. The molecule has 0 amide bonds. The third kappa shape index (κ3) is 6.25. The van der Waals surface area contributed by atoms with Gasteiger partial charge in [0.25, 0.3) is 9.84 Å². The summed E-state index contributed by atoms with van der Waals surface area (Å²) in [5.41, 5.74) is -4.69. The fourth-order valence-corrected chi connectivity index (χ4v) is 2.15. The summed E-state index contributed by atoms with van der Waals surface area (Å²) in [6.45, 7) is 5.04. The van der Waals surface area contributed by atoms with Crippen molar-refractivity contribution in [1.29, 1.82) is 0 Å². The number of allylic oxidation sites excluding steroid dienone is 6. The molecule has 128 valence electrons. The first-order chi connectivity index (χ1) is 9.69. The number of rotatable bonds is 5. The molecule has 0 fully saturated rings. The van der Waals surface area contributed by atoms with Crippen LogP contribution in [0.25, 0.3) is 0 Å². The van der Waals surface area contributed by atoms with E-state index in [0.29, 0.717) is 18.4 Å².